The van der Waals surface area contributed by atoms with Crippen LogP contribution in [0.2, 0.25) is 0 Å². The van der Waals surface area contributed by atoms with Crippen LogP contribution < -0.4 is 5.32 Å². The standard InChI is InChI=1S/C21H22FN3O2/c1-2-11-24-21(27)25-18(12-23)20(19(25)13-26)16-9-4-3-7-14(16)15-8-5-6-10-17(15)22/h3-10,18-20,26H,2,11,13H2,1H3,(H,24,27)/t18-,19-,20-/m1/s1. The maximum absolute atomic E-state index is 14.4. The Hall–Kier alpha value is -2.91. The van der Waals surface area contributed by atoms with E-state index in [1.165, 1.54) is 11.0 Å². The van der Waals surface area contributed by atoms with E-state index in [1.807, 2.05) is 25.1 Å². The number of urea groups is 1. The van der Waals surface area contributed by atoms with Crippen LogP contribution in [-0.2, 0) is 0 Å². The molecule has 2 N–H and O–H groups in total. The molecule has 3 atom stereocenters. The molecule has 6 heteroatoms. The third kappa shape index (κ3) is 3.38. The fourth-order valence-corrected chi connectivity index (χ4v) is 3.70. The van der Waals surface area contributed by atoms with E-state index >= 15 is 0 Å². The summed E-state index contributed by atoms with van der Waals surface area (Å²) in [4.78, 5) is 13.8. The van der Waals surface area contributed by atoms with Gasteiger partial charge in [-0.15, -0.1) is 0 Å². The minimum Gasteiger partial charge on any atom is -0.394 e. The number of likely N-dealkylation sites (tertiary alicyclic amines) is 1. The average molecular weight is 367 g/mol. The molecule has 1 aliphatic rings. The minimum atomic E-state index is -0.716. The van der Waals surface area contributed by atoms with Crippen LogP contribution >= 0.6 is 0 Å². The Morgan fingerprint density at radius 1 is 1.22 bits per heavy atom. The van der Waals surface area contributed by atoms with Crippen molar-refractivity contribution >= 4 is 6.03 Å². The van der Waals surface area contributed by atoms with E-state index in [0.29, 0.717) is 17.7 Å². The number of benzene rings is 2. The highest BCUT2D eigenvalue weighted by atomic mass is 19.1. The summed E-state index contributed by atoms with van der Waals surface area (Å²) in [6.45, 7) is 2.17. The molecule has 0 aliphatic carbocycles. The Balaban J connectivity index is 1.99. The largest absolute Gasteiger partial charge is 0.394 e. The number of hydrogen-bond donors (Lipinski definition) is 2. The normalized spacial score (nSPS) is 21.3. The van der Waals surface area contributed by atoms with E-state index in [-0.39, 0.29) is 24.4 Å². The summed E-state index contributed by atoms with van der Waals surface area (Å²) in [5.41, 5.74) is 1.87. The maximum Gasteiger partial charge on any atom is 0.318 e. The highest BCUT2D eigenvalue weighted by Gasteiger charge is 2.52. The lowest BCUT2D eigenvalue weighted by atomic mass is 9.73. The van der Waals surface area contributed by atoms with Crippen molar-refractivity contribution in [1.29, 1.82) is 5.26 Å². The van der Waals surface area contributed by atoms with Crippen molar-refractivity contribution in [2.45, 2.75) is 31.3 Å². The molecular weight excluding hydrogens is 345 g/mol. The van der Waals surface area contributed by atoms with Crippen molar-refractivity contribution in [2.24, 2.45) is 0 Å². The first kappa shape index (κ1) is 18.9. The topological polar surface area (TPSA) is 76.4 Å². The van der Waals surface area contributed by atoms with Gasteiger partial charge in [0.15, 0.2) is 0 Å². The molecule has 2 amide bonds. The predicted molar refractivity (Wildman–Crippen MR) is 100 cm³/mol. The second-order valence-electron chi connectivity index (χ2n) is 6.56. The van der Waals surface area contributed by atoms with Gasteiger partial charge in [-0.1, -0.05) is 49.4 Å². The number of carbonyl (C=O) groups excluding carboxylic acids is 1. The Morgan fingerprint density at radius 2 is 1.89 bits per heavy atom. The van der Waals surface area contributed by atoms with E-state index in [4.69, 9.17) is 0 Å². The molecule has 1 fully saturated rings. The van der Waals surface area contributed by atoms with E-state index in [2.05, 4.69) is 11.4 Å². The summed E-state index contributed by atoms with van der Waals surface area (Å²) >= 11 is 0. The summed E-state index contributed by atoms with van der Waals surface area (Å²) in [5, 5.41) is 22.3. The van der Waals surface area contributed by atoms with Gasteiger partial charge in [-0.3, -0.25) is 0 Å². The molecule has 1 aliphatic heterocycles. The van der Waals surface area contributed by atoms with Gasteiger partial charge in [-0.05, 0) is 23.6 Å². The smallest absolute Gasteiger partial charge is 0.318 e. The Morgan fingerprint density at radius 3 is 2.52 bits per heavy atom. The van der Waals surface area contributed by atoms with Crippen LogP contribution in [0, 0.1) is 17.1 Å². The Labute approximate surface area is 158 Å². The fourth-order valence-electron chi connectivity index (χ4n) is 3.70. The number of hydrogen-bond acceptors (Lipinski definition) is 3. The van der Waals surface area contributed by atoms with Gasteiger partial charge in [0.1, 0.15) is 11.9 Å². The van der Waals surface area contributed by atoms with Crippen molar-refractivity contribution in [1.82, 2.24) is 10.2 Å². The van der Waals surface area contributed by atoms with E-state index in [0.717, 1.165) is 12.0 Å². The summed E-state index contributed by atoms with van der Waals surface area (Å²) in [6, 6.07) is 14.3. The molecule has 0 saturated carbocycles. The summed E-state index contributed by atoms with van der Waals surface area (Å²) in [5.74, 6) is -0.737. The van der Waals surface area contributed by atoms with Crippen LogP contribution in [0.15, 0.2) is 48.5 Å². The summed E-state index contributed by atoms with van der Waals surface area (Å²) in [7, 11) is 0. The Bertz CT molecular complexity index is 865. The van der Waals surface area contributed by atoms with Gasteiger partial charge in [0.05, 0.1) is 18.7 Å². The number of aliphatic hydroxyl groups is 1. The van der Waals surface area contributed by atoms with E-state index in [9.17, 15) is 19.6 Å². The zero-order valence-electron chi connectivity index (χ0n) is 15.1. The van der Waals surface area contributed by atoms with Crippen molar-refractivity contribution in [3.63, 3.8) is 0 Å². The van der Waals surface area contributed by atoms with E-state index in [1.54, 1.807) is 24.3 Å². The van der Waals surface area contributed by atoms with Crippen LogP contribution in [0.1, 0.15) is 24.8 Å². The second kappa shape index (κ2) is 8.19. The molecule has 1 saturated heterocycles. The van der Waals surface area contributed by atoms with Crippen LogP contribution in [0.4, 0.5) is 9.18 Å². The predicted octanol–water partition coefficient (Wildman–Crippen LogP) is 3.26. The zero-order chi connectivity index (χ0) is 19.4. The quantitative estimate of drug-likeness (QED) is 0.852. The van der Waals surface area contributed by atoms with Crippen LogP contribution in [0.25, 0.3) is 11.1 Å². The van der Waals surface area contributed by atoms with E-state index < -0.39 is 12.1 Å². The molecule has 2 aromatic carbocycles. The average Bonchev–Trinajstić information content (AvgIpc) is 2.67. The van der Waals surface area contributed by atoms with Crippen molar-refractivity contribution in [3.05, 3.63) is 59.9 Å². The van der Waals surface area contributed by atoms with Gasteiger partial charge < -0.3 is 15.3 Å². The van der Waals surface area contributed by atoms with Gasteiger partial charge in [-0.25, -0.2) is 9.18 Å². The molecular formula is C21H22FN3O2. The lowest BCUT2D eigenvalue weighted by molar-refractivity contribution is 0.0171. The Kier molecular flexibility index (Phi) is 5.72. The van der Waals surface area contributed by atoms with Crippen LogP contribution in [0.5, 0.6) is 0 Å². The lowest BCUT2D eigenvalue weighted by Gasteiger charge is -2.51. The van der Waals surface area contributed by atoms with Gasteiger partial charge in [0, 0.05) is 18.0 Å². The number of nitrogens with one attached hydrogen (secondary N) is 1. The van der Waals surface area contributed by atoms with Crippen molar-refractivity contribution < 1.29 is 14.3 Å². The first-order valence-corrected chi connectivity index (χ1v) is 9.04. The molecule has 3 rings (SSSR count). The number of rotatable bonds is 5. The number of carbonyl (C=O) groups is 1. The molecule has 5 nitrogen and oxygen atoms in total. The van der Waals surface area contributed by atoms with Crippen molar-refractivity contribution in [2.75, 3.05) is 13.2 Å². The van der Waals surface area contributed by atoms with Crippen LogP contribution in [-0.4, -0.2) is 41.3 Å². The van der Waals surface area contributed by atoms with Gasteiger partial charge in [0.25, 0.3) is 0 Å². The van der Waals surface area contributed by atoms with Gasteiger partial charge >= 0.3 is 6.03 Å². The van der Waals surface area contributed by atoms with Crippen molar-refractivity contribution in [3.8, 4) is 17.2 Å². The lowest BCUT2D eigenvalue weighted by Crippen LogP contribution is -2.67. The fraction of sp³-hybridized carbons (Fsp3) is 0.333. The maximum atomic E-state index is 14.4. The first-order chi connectivity index (χ1) is 13.1. The number of halogens is 1. The monoisotopic (exact) mass is 367 g/mol. The number of nitriles is 1. The van der Waals surface area contributed by atoms with Gasteiger partial charge in [0.2, 0.25) is 0 Å². The minimum absolute atomic E-state index is 0.270. The highest BCUT2D eigenvalue weighted by molar-refractivity contribution is 5.78. The number of amides is 2. The highest BCUT2D eigenvalue weighted by Crippen LogP contribution is 2.44. The third-order valence-electron chi connectivity index (χ3n) is 4.98. The number of aliphatic hydroxyl groups excluding tert-OH is 1. The number of nitrogens with zero attached hydrogens (tertiary/aromatic N) is 2. The molecule has 0 bridgehead atoms. The SMILES string of the molecule is CCCNC(=O)N1[C@H](C#N)[C@@H](c2ccccc2-c2ccccc2F)[C@H]1CO. The van der Waals surface area contributed by atoms with Gasteiger partial charge in [-0.2, -0.15) is 5.26 Å². The zero-order valence-corrected chi connectivity index (χ0v) is 15.1. The molecule has 0 spiro atoms. The third-order valence-corrected chi connectivity index (χ3v) is 4.98. The second-order valence-corrected chi connectivity index (χ2v) is 6.56. The summed E-state index contributed by atoms with van der Waals surface area (Å²) < 4.78 is 14.4. The molecule has 0 aromatic heterocycles. The first-order valence-electron chi connectivity index (χ1n) is 9.04. The molecule has 27 heavy (non-hydrogen) atoms. The van der Waals surface area contributed by atoms with Crippen LogP contribution in [0.3, 0.4) is 0 Å². The summed E-state index contributed by atoms with van der Waals surface area (Å²) in [6.07, 6.45) is 0.778. The molecule has 1 heterocycles. The molecule has 2 aromatic rings. The molecule has 0 unspecified atom stereocenters. The molecule has 140 valence electrons. The molecule has 0 radical (unpaired) electrons.